The van der Waals surface area contributed by atoms with Crippen LogP contribution >= 0.6 is 0 Å². The number of nitrogens with zero attached hydrogens (tertiary/aromatic N) is 2. The second kappa shape index (κ2) is 8.47. The normalized spacial score (nSPS) is 36.6. The molecule has 1 saturated heterocycles. The van der Waals surface area contributed by atoms with Gasteiger partial charge in [0.05, 0.1) is 6.61 Å². The largest absolute Gasteiger partial charge is 0.395 e. The van der Waals surface area contributed by atoms with E-state index in [0.29, 0.717) is 12.6 Å². The standard InChI is InChI=1S/C17H35N3O/c1-14-11-15(2)16(17(12-14)18-3)13-20-6-4-5-19(7-8-20)9-10-21/h14-18,21H,4-13H2,1-3H3. The van der Waals surface area contributed by atoms with Gasteiger partial charge in [0.15, 0.2) is 0 Å². The molecule has 0 aromatic rings. The van der Waals surface area contributed by atoms with Crippen molar-refractivity contribution in [1.29, 1.82) is 0 Å². The van der Waals surface area contributed by atoms with Crippen molar-refractivity contribution >= 4 is 0 Å². The number of β-amino-alcohol motifs (C(OH)–C–C–N with tert-alkyl or cyclic N) is 1. The molecule has 21 heavy (non-hydrogen) atoms. The van der Waals surface area contributed by atoms with Gasteiger partial charge in [-0.1, -0.05) is 13.8 Å². The second-order valence-electron chi connectivity index (χ2n) is 7.33. The highest BCUT2D eigenvalue weighted by atomic mass is 16.3. The van der Waals surface area contributed by atoms with Crippen LogP contribution in [-0.4, -0.2) is 73.9 Å². The van der Waals surface area contributed by atoms with E-state index in [1.807, 2.05) is 0 Å². The van der Waals surface area contributed by atoms with E-state index < -0.39 is 0 Å². The van der Waals surface area contributed by atoms with E-state index in [0.717, 1.165) is 43.9 Å². The van der Waals surface area contributed by atoms with Crippen LogP contribution in [0.2, 0.25) is 0 Å². The summed E-state index contributed by atoms with van der Waals surface area (Å²) < 4.78 is 0. The molecule has 2 N–H and O–H groups in total. The monoisotopic (exact) mass is 297 g/mol. The first-order valence-electron chi connectivity index (χ1n) is 8.86. The summed E-state index contributed by atoms with van der Waals surface area (Å²) in [6, 6.07) is 0.681. The number of nitrogens with one attached hydrogen (secondary N) is 1. The molecule has 0 bridgehead atoms. The van der Waals surface area contributed by atoms with Crippen molar-refractivity contribution in [2.75, 3.05) is 52.9 Å². The summed E-state index contributed by atoms with van der Waals surface area (Å²) in [5.41, 5.74) is 0. The molecule has 124 valence electrons. The van der Waals surface area contributed by atoms with Gasteiger partial charge in [0.1, 0.15) is 0 Å². The first kappa shape index (κ1) is 17.2. The molecule has 2 rings (SSSR count). The number of aliphatic hydroxyl groups is 1. The van der Waals surface area contributed by atoms with Gasteiger partial charge in [0.25, 0.3) is 0 Å². The molecule has 1 aliphatic heterocycles. The van der Waals surface area contributed by atoms with E-state index in [4.69, 9.17) is 5.11 Å². The lowest BCUT2D eigenvalue weighted by Crippen LogP contribution is -2.48. The van der Waals surface area contributed by atoms with E-state index in [2.05, 4.69) is 36.0 Å². The molecule has 0 spiro atoms. The zero-order chi connectivity index (χ0) is 15.2. The zero-order valence-electron chi connectivity index (χ0n) is 14.2. The quantitative estimate of drug-likeness (QED) is 0.801. The minimum atomic E-state index is 0.291. The van der Waals surface area contributed by atoms with E-state index in [9.17, 15) is 0 Å². The van der Waals surface area contributed by atoms with Gasteiger partial charge in [-0.25, -0.2) is 0 Å². The Bertz CT molecular complexity index is 300. The lowest BCUT2D eigenvalue weighted by Gasteiger charge is -2.42. The molecule has 4 nitrogen and oxygen atoms in total. The van der Waals surface area contributed by atoms with Crippen LogP contribution in [0, 0.1) is 17.8 Å². The molecule has 4 atom stereocenters. The molecule has 0 aromatic heterocycles. The van der Waals surface area contributed by atoms with Crippen molar-refractivity contribution in [3.8, 4) is 0 Å². The topological polar surface area (TPSA) is 38.7 Å². The fraction of sp³-hybridized carbons (Fsp3) is 1.00. The Labute approximate surface area is 130 Å². The third kappa shape index (κ3) is 4.92. The Hall–Kier alpha value is -0.160. The minimum absolute atomic E-state index is 0.291. The number of hydrogen-bond donors (Lipinski definition) is 2. The van der Waals surface area contributed by atoms with Crippen molar-refractivity contribution in [1.82, 2.24) is 15.1 Å². The predicted molar refractivity (Wildman–Crippen MR) is 88.5 cm³/mol. The van der Waals surface area contributed by atoms with Gasteiger partial charge in [0.2, 0.25) is 0 Å². The molecule has 4 unspecified atom stereocenters. The summed E-state index contributed by atoms with van der Waals surface area (Å²) in [4.78, 5) is 5.07. The van der Waals surface area contributed by atoms with Crippen LogP contribution in [0.1, 0.15) is 33.1 Å². The predicted octanol–water partition coefficient (Wildman–Crippen LogP) is 1.26. The van der Waals surface area contributed by atoms with Crippen molar-refractivity contribution < 1.29 is 5.11 Å². The average molecular weight is 297 g/mol. The van der Waals surface area contributed by atoms with Crippen LogP contribution in [0.15, 0.2) is 0 Å². The highest BCUT2D eigenvalue weighted by molar-refractivity contribution is 4.89. The molecular weight excluding hydrogens is 262 g/mol. The van der Waals surface area contributed by atoms with Crippen LogP contribution in [0.3, 0.4) is 0 Å². The van der Waals surface area contributed by atoms with Gasteiger partial charge in [-0.05, 0) is 57.2 Å². The fourth-order valence-electron chi connectivity index (χ4n) is 4.42. The minimum Gasteiger partial charge on any atom is -0.395 e. The molecule has 2 aliphatic rings. The van der Waals surface area contributed by atoms with Crippen LogP contribution < -0.4 is 5.32 Å². The van der Waals surface area contributed by atoms with Crippen LogP contribution in [0.5, 0.6) is 0 Å². The van der Waals surface area contributed by atoms with E-state index in [-0.39, 0.29) is 0 Å². The Balaban J connectivity index is 1.87. The first-order chi connectivity index (χ1) is 10.1. The van der Waals surface area contributed by atoms with E-state index >= 15 is 0 Å². The molecular formula is C17H35N3O. The Kier molecular flexibility index (Phi) is 6.93. The average Bonchev–Trinajstić information content (AvgIpc) is 2.67. The second-order valence-corrected chi connectivity index (χ2v) is 7.33. The van der Waals surface area contributed by atoms with Gasteiger partial charge in [-0.15, -0.1) is 0 Å². The fourth-order valence-corrected chi connectivity index (χ4v) is 4.42. The van der Waals surface area contributed by atoms with Crippen LogP contribution in [-0.2, 0) is 0 Å². The number of aliphatic hydroxyl groups excluding tert-OH is 1. The van der Waals surface area contributed by atoms with Gasteiger partial charge in [-0.2, -0.15) is 0 Å². The van der Waals surface area contributed by atoms with Gasteiger partial charge < -0.3 is 15.3 Å². The smallest absolute Gasteiger partial charge is 0.0558 e. The summed E-state index contributed by atoms with van der Waals surface area (Å²) in [6.45, 7) is 11.9. The Morgan fingerprint density at radius 3 is 2.48 bits per heavy atom. The molecule has 1 saturated carbocycles. The summed E-state index contributed by atoms with van der Waals surface area (Å²) in [5, 5.41) is 12.7. The Morgan fingerprint density at radius 1 is 1.05 bits per heavy atom. The molecule has 2 fully saturated rings. The highest BCUT2D eigenvalue weighted by Gasteiger charge is 2.34. The van der Waals surface area contributed by atoms with Crippen LogP contribution in [0.25, 0.3) is 0 Å². The highest BCUT2D eigenvalue weighted by Crippen LogP contribution is 2.34. The van der Waals surface area contributed by atoms with E-state index in [1.54, 1.807) is 0 Å². The summed E-state index contributed by atoms with van der Waals surface area (Å²) in [7, 11) is 2.13. The first-order valence-corrected chi connectivity index (χ1v) is 8.86. The van der Waals surface area contributed by atoms with Gasteiger partial charge >= 0.3 is 0 Å². The maximum absolute atomic E-state index is 9.10. The molecule has 1 aliphatic carbocycles. The van der Waals surface area contributed by atoms with E-state index in [1.165, 1.54) is 32.4 Å². The third-order valence-corrected chi connectivity index (χ3v) is 5.62. The third-order valence-electron chi connectivity index (χ3n) is 5.62. The number of rotatable bonds is 5. The summed E-state index contributed by atoms with van der Waals surface area (Å²) >= 11 is 0. The Morgan fingerprint density at radius 2 is 1.76 bits per heavy atom. The maximum atomic E-state index is 9.10. The molecule has 1 heterocycles. The maximum Gasteiger partial charge on any atom is 0.0558 e. The van der Waals surface area contributed by atoms with Crippen molar-refractivity contribution in [3.05, 3.63) is 0 Å². The van der Waals surface area contributed by atoms with Crippen molar-refractivity contribution in [2.24, 2.45) is 17.8 Å². The summed E-state index contributed by atoms with van der Waals surface area (Å²) in [5.74, 6) is 2.47. The molecule has 0 aromatic carbocycles. The summed E-state index contributed by atoms with van der Waals surface area (Å²) in [6.07, 6.45) is 3.95. The SMILES string of the molecule is CNC1CC(C)CC(C)C1CN1CCCN(CCO)CC1. The van der Waals surface area contributed by atoms with Gasteiger partial charge in [-0.3, -0.25) is 4.90 Å². The van der Waals surface area contributed by atoms with Crippen molar-refractivity contribution in [3.63, 3.8) is 0 Å². The number of hydrogen-bond acceptors (Lipinski definition) is 4. The lowest BCUT2D eigenvalue weighted by atomic mass is 9.72. The lowest BCUT2D eigenvalue weighted by molar-refractivity contribution is 0.105. The molecule has 0 amide bonds. The van der Waals surface area contributed by atoms with Crippen LogP contribution in [0.4, 0.5) is 0 Å². The van der Waals surface area contributed by atoms with Crippen molar-refractivity contribution in [2.45, 2.75) is 39.2 Å². The van der Waals surface area contributed by atoms with Gasteiger partial charge in [0, 0.05) is 32.2 Å². The molecule has 0 radical (unpaired) electrons. The zero-order valence-corrected chi connectivity index (χ0v) is 14.2. The molecule has 4 heteroatoms.